The smallest absolute Gasteiger partial charge is 0.330 e. The van der Waals surface area contributed by atoms with Crippen LogP contribution in [-0.4, -0.2) is 26.6 Å². The van der Waals surface area contributed by atoms with Crippen molar-refractivity contribution in [2.75, 3.05) is 7.11 Å². The summed E-state index contributed by atoms with van der Waals surface area (Å²) in [6, 6.07) is 0. The molecule has 6 heteroatoms. The summed E-state index contributed by atoms with van der Waals surface area (Å²) in [5.41, 5.74) is 0. The predicted octanol–water partition coefficient (Wildman–Crippen LogP) is 5.09. The first kappa shape index (κ1) is 20.7. The molecule has 0 amide bonds. The van der Waals surface area contributed by atoms with Crippen molar-refractivity contribution in [1.29, 1.82) is 1.28 Å². The van der Waals surface area contributed by atoms with Gasteiger partial charge in [-0.05, 0) is 62.2 Å². The third-order valence-electron chi connectivity index (χ3n) is 6.51. The normalized spacial score (nSPS) is 32.3. The molecule has 2 unspecified atom stereocenters. The number of allylic oxidation sites excluding steroid dienone is 1. The van der Waals surface area contributed by atoms with E-state index in [1.807, 2.05) is 6.08 Å². The Kier molecular flexibility index (Phi) is 9.36. The van der Waals surface area contributed by atoms with E-state index in [2.05, 4.69) is 16.4 Å². The summed E-state index contributed by atoms with van der Waals surface area (Å²) in [5.74, 6) is 1.80. The molecule has 0 N–H and O–H groups in total. The van der Waals surface area contributed by atoms with Gasteiger partial charge in [-0.15, -0.1) is 0 Å². The van der Waals surface area contributed by atoms with E-state index in [-0.39, 0.29) is 21.5 Å². The van der Waals surface area contributed by atoms with Crippen LogP contribution >= 0.6 is 18.9 Å². The zero-order valence-corrected chi connectivity index (χ0v) is 18.3. The van der Waals surface area contributed by atoms with Crippen molar-refractivity contribution >= 4 is 24.8 Å². The monoisotopic (exact) mass is 404 g/mol. The highest BCUT2D eigenvalue weighted by Gasteiger charge is 2.41. The standard InChI is InChI=1S/C20H36O4P2/c1-14-13-19(24-26)17(16(14)9-6-10-20(21)22-2)11-12-18(23-25)15-7-4-3-5-8-15/h6,10,14-19H,3-5,7-9,11-13,25-26H2,1-2H3/b10-6-/t14-,16-,17+,18+,19+/m0/s1/i26T/t14-,16-,17+,18+,19+,26?. The van der Waals surface area contributed by atoms with Gasteiger partial charge >= 0.3 is 5.97 Å². The van der Waals surface area contributed by atoms with Crippen LogP contribution in [0, 0.1) is 23.7 Å². The van der Waals surface area contributed by atoms with Crippen LogP contribution in [0.3, 0.4) is 0 Å². The van der Waals surface area contributed by atoms with Gasteiger partial charge in [-0.2, -0.15) is 0 Å². The molecule has 7 atom stereocenters. The van der Waals surface area contributed by atoms with E-state index < -0.39 is 0 Å². The Bertz CT molecular complexity index is 471. The Balaban J connectivity index is 1.98. The number of hydrogen-bond acceptors (Lipinski definition) is 4. The fraction of sp³-hybridized carbons (Fsp3) is 0.850. The number of hydrogen-bond donors (Lipinski definition) is 0. The molecule has 0 bridgehead atoms. The maximum absolute atomic E-state index is 11.4. The van der Waals surface area contributed by atoms with E-state index in [4.69, 9.17) is 15.1 Å². The van der Waals surface area contributed by atoms with Crippen LogP contribution < -0.4 is 0 Å². The summed E-state index contributed by atoms with van der Waals surface area (Å²) in [4.78, 5) is 11.4. The highest BCUT2D eigenvalue weighted by atomic mass is 31.0. The van der Waals surface area contributed by atoms with Gasteiger partial charge in [-0.25, -0.2) is 4.79 Å². The average Bonchev–Trinajstić information content (AvgIpc) is 2.98. The van der Waals surface area contributed by atoms with Gasteiger partial charge in [0.1, 0.15) is 0 Å². The molecule has 2 aliphatic rings. The van der Waals surface area contributed by atoms with Crippen molar-refractivity contribution in [3.63, 3.8) is 0 Å². The topological polar surface area (TPSA) is 44.8 Å². The molecule has 4 nitrogen and oxygen atoms in total. The van der Waals surface area contributed by atoms with Crippen molar-refractivity contribution in [3.05, 3.63) is 12.2 Å². The van der Waals surface area contributed by atoms with E-state index in [0.29, 0.717) is 29.8 Å². The minimum Gasteiger partial charge on any atom is -0.466 e. The molecular weight excluding hydrogens is 366 g/mol. The molecule has 2 rings (SSSR count). The molecule has 2 saturated carbocycles. The molecule has 2 aliphatic carbocycles. The number of esters is 1. The van der Waals surface area contributed by atoms with Crippen molar-refractivity contribution in [2.45, 2.75) is 76.9 Å². The molecule has 150 valence electrons. The van der Waals surface area contributed by atoms with E-state index in [9.17, 15) is 4.79 Å². The minimum absolute atomic E-state index is 0.156. The Morgan fingerprint density at radius 3 is 2.73 bits per heavy atom. The van der Waals surface area contributed by atoms with Crippen LogP contribution in [0.25, 0.3) is 0 Å². The lowest BCUT2D eigenvalue weighted by Gasteiger charge is -2.31. The number of ether oxygens (including phenoxy) is 1. The molecule has 0 spiro atoms. The van der Waals surface area contributed by atoms with E-state index in [1.165, 1.54) is 45.3 Å². The molecule has 0 radical (unpaired) electrons. The van der Waals surface area contributed by atoms with Crippen LogP contribution in [0.5, 0.6) is 0 Å². The summed E-state index contributed by atoms with van der Waals surface area (Å²) >= 11 is 0. The van der Waals surface area contributed by atoms with Crippen LogP contribution in [-0.2, 0) is 18.6 Å². The molecule has 26 heavy (non-hydrogen) atoms. The first-order chi connectivity index (χ1) is 13.1. The first-order valence-corrected chi connectivity index (χ1v) is 10.9. The largest absolute Gasteiger partial charge is 0.466 e. The molecule has 0 aromatic rings. The van der Waals surface area contributed by atoms with Crippen molar-refractivity contribution in [2.24, 2.45) is 23.7 Å². The summed E-state index contributed by atoms with van der Waals surface area (Å²) in [7, 11) is 3.67. The summed E-state index contributed by atoms with van der Waals surface area (Å²) in [5, 5.41) is 0. The van der Waals surface area contributed by atoms with Crippen molar-refractivity contribution in [1.82, 2.24) is 0 Å². The Morgan fingerprint density at radius 1 is 1.31 bits per heavy atom. The highest BCUT2D eigenvalue weighted by molar-refractivity contribution is 7.10. The highest BCUT2D eigenvalue weighted by Crippen LogP contribution is 2.45. The molecular formula is C20H36O4P2. The summed E-state index contributed by atoms with van der Waals surface area (Å²) < 4.78 is 23.8. The number of rotatable bonds is 10. The fourth-order valence-corrected chi connectivity index (χ4v) is 5.65. The van der Waals surface area contributed by atoms with Gasteiger partial charge in [-0.1, -0.05) is 32.3 Å². The van der Waals surface area contributed by atoms with Crippen molar-refractivity contribution in [3.8, 4) is 0 Å². The van der Waals surface area contributed by atoms with E-state index in [1.54, 1.807) is 0 Å². The van der Waals surface area contributed by atoms with Gasteiger partial charge in [0.2, 0.25) is 0 Å². The Labute approximate surface area is 165 Å². The van der Waals surface area contributed by atoms with Crippen LogP contribution in [0.2, 0.25) is 0 Å². The second kappa shape index (κ2) is 11.7. The lowest BCUT2D eigenvalue weighted by molar-refractivity contribution is -0.134. The zero-order valence-electron chi connectivity index (χ0n) is 17.2. The number of carbonyl (C=O) groups excluding carboxylic acids is 1. The molecule has 0 heterocycles. The molecule has 0 saturated heterocycles. The number of methoxy groups -OCH3 is 1. The van der Waals surface area contributed by atoms with E-state index >= 15 is 0 Å². The maximum atomic E-state index is 11.4. The fourth-order valence-electron chi connectivity index (χ4n) is 5.02. The van der Waals surface area contributed by atoms with Gasteiger partial charge in [0, 0.05) is 25.0 Å². The Hall–Kier alpha value is -0.0100. The van der Waals surface area contributed by atoms with Crippen LogP contribution in [0.15, 0.2) is 12.2 Å². The number of carbonyl (C=O) groups is 1. The van der Waals surface area contributed by atoms with E-state index in [0.717, 1.165) is 25.7 Å². The van der Waals surface area contributed by atoms with Crippen molar-refractivity contribution < 1.29 is 18.6 Å². The SMILES string of the molecule is [3H]PO[C@@H]1C[C@H](C)[C@H](C/C=C\C(=O)OC)[C@H]1CC[C@@H](OP)C1CCCCC1. The van der Waals surface area contributed by atoms with Gasteiger partial charge < -0.3 is 13.8 Å². The van der Waals surface area contributed by atoms with Gasteiger partial charge in [-0.3, -0.25) is 0 Å². The maximum Gasteiger partial charge on any atom is 0.330 e. The quantitative estimate of drug-likeness (QED) is 0.289. The van der Waals surface area contributed by atoms with Gasteiger partial charge in [0.05, 0.1) is 20.6 Å². The Morgan fingerprint density at radius 2 is 2.08 bits per heavy atom. The molecule has 2 fully saturated rings. The average molecular weight is 404 g/mol. The lowest BCUT2D eigenvalue weighted by atomic mass is 9.80. The van der Waals surface area contributed by atoms with Gasteiger partial charge in [0.25, 0.3) is 0 Å². The van der Waals surface area contributed by atoms with Crippen LogP contribution in [0.1, 0.15) is 64.7 Å². The predicted molar refractivity (Wildman–Crippen MR) is 112 cm³/mol. The van der Waals surface area contributed by atoms with Crippen LogP contribution in [0.4, 0.5) is 0 Å². The first-order valence-electron chi connectivity index (χ1n) is 10.5. The second-order valence-corrected chi connectivity index (χ2v) is 8.52. The molecule has 0 aromatic carbocycles. The summed E-state index contributed by atoms with van der Waals surface area (Å²) in [6.07, 6.45) is 14.5. The molecule has 0 aliphatic heterocycles. The zero-order chi connectivity index (χ0) is 19.6. The lowest BCUT2D eigenvalue weighted by Crippen LogP contribution is -2.27. The third kappa shape index (κ3) is 6.26. The minimum atomic E-state index is -0.300. The summed E-state index contributed by atoms with van der Waals surface area (Å²) in [6.45, 7) is 2.27. The molecule has 0 aromatic heterocycles. The second-order valence-electron chi connectivity index (χ2n) is 8.01. The van der Waals surface area contributed by atoms with Gasteiger partial charge in [0.15, 0.2) is 0 Å². The third-order valence-corrected chi connectivity index (χ3v) is 7.16.